The van der Waals surface area contributed by atoms with Crippen molar-refractivity contribution in [1.82, 2.24) is 5.32 Å². The van der Waals surface area contributed by atoms with E-state index in [9.17, 15) is 13.6 Å². The van der Waals surface area contributed by atoms with Crippen molar-refractivity contribution < 1.29 is 13.6 Å². The lowest BCUT2D eigenvalue weighted by atomic mass is 10.0. The van der Waals surface area contributed by atoms with Gasteiger partial charge >= 0.3 is 0 Å². The molecule has 0 saturated carbocycles. The molecule has 0 heterocycles. The zero-order valence-electron chi connectivity index (χ0n) is 10.1. The van der Waals surface area contributed by atoms with E-state index < -0.39 is 11.6 Å². The maximum absolute atomic E-state index is 12.9. The summed E-state index contributed by atoms with van der Waals surface area (Å²) >= 11 is 0. The summed E-state index contributed by atoms with van der Waals surface area (Å²) in [5.41, 5.74) is 0.512. The first-order chi connectivity index (χ1) is 8.02. The van der Waals surface area contributed by atoms with Crippen molar-refractivity contribution in [2.45, 2.75) is 32.7 Å². The van der Waals surface area contributed by atoms with Crippen LogP contribution in [0.3, 0.4) is 0 Å². The van der Waals surface area contributed by atoms with Crippen LogP contribution < -0.4 is 5.32 Å². The average molecular weight is 241 g/mol. The minimum Gasteiger partial charge on any atom is -0.314 e. The highest BCUT2D eigenvalue weighted by Crippen LogP contribution is 2.10. The second kappa shape index (κ2) is 6.45. The van der Waals surface area contributed by atoms with E-state index in [2.05, 4.69) is 5.32 Å². The van der Waals surface area contributed by atoms with Gasteiger partial charge in [-0.1, -0.05) is 13.0 Å². The highest BCUT2D eigenvalue weighted by Gasteiger charge is 2.10. The Hall–Kier alpha value is -1.29. The van der Waals surface area contributed by atoms with Crippen LogP contribution in [0.2, 0.25) is 0 Å². The van der Waals surface area contributed by atoms with Gasteiger partial charge in [0.05, 0.1) is 0 Å². The van der Waals surface area contributed by atoms with Gasteiger partial charge in [0.15, 0.2) is 11.6 Å². The van der Waals surface area contributed by atoms with Crippen LogP contribution in [-0.2, 0) is 11.2 Å². The summed E-state index contributed by atoms with van der Waals surface area (Å²) in [5, 5.41) is 3.13. The Labute approximate surface area is 100 Å². The fourth-order valence-corrected chi connectivity index (χ4v) is 1.71. The van der Waals surface area contributed by atoms with Gasteiger partial charge in [0, 0.05) is 18.9 Å². The summed E-state index contributed by atoms with van der Waals surface area (Å²) in [5.74, 6) is -1.78. The summed E-state index contributed by atoms with van der Waals surface area (Å²) in [6, 6.07) is 3.67. The van der Waals surface area contributed by atoms with Crippen molar-refractivity contribution in [1.29, 1.82) is 0 Å². The van der Waals surface area contributed by atoms with E-state index in [1.54, 1.807) is 0 Å². The van der Waals surface area contributed by atoms with E-state index in [0.29, 0.717) is 12.0 Å². The van der Waals surface area contributed by atoms with Gasteiger partial charge < -0.3 is 5.32 Å². The standard InChI is InChI=1S/C13H17F2NO/c1-3-16-9(2)6-11(17)7-10-4-5-12(14)13(15)8-10/h4-5,8-9,16H,3,6-7H2,1-2H3. The fraction of sp³-hybridized carbons (Fsp3) is 0.462. The lowest BCUT2D eigenvalue weighted by Gasteiger charge is -2.11. The number of rotatable bonds is 6. The molecule has 1 aromatic rings. The van der Waals surface area contributed by atoms with E-state index >= 15 is 0 Å². The Balaban J connectivity index is 2.53. The van der Waals surface area contributed by atoms with Gasteiger partial charge in [0.1, 0.15) is 5.78 Å². The molecule has 0 amide bonds. The quantitative estimate of drug-likeness (QED) is 0.829. The molecule has 1 atom stereocenters. The second-order valence-corrected chi connectivity index (χ2v) is 4.13. The first-order valence-corrected chi connectivity index (χ1v) is 5.72. The molecular formula is C13H17F2NO. The van der Waals surface area contributed by atoms with Crippen LogP contribution in [0.15, 0.2) is 18.2 Å². The number of carbonyl (C=O) groups is 1. The molecule has 94 valence electrons. The van der Waals surface area contributed by atoms with E-state index in [1.807, 2.05) is 13.8 Å². The van der Waals surface area contributed by atoms with Crippen molar-refractivity contribution in [3.8, 4) is 0 Å². The van der Waals surface area contributed by atoms with Gasteiger partial charge in [-0.05, 0) is 31.2 Å². The summed E-state index contributed by atoms with van der Waals surface area (Å²) in [6.07, 6.45) is 0.541. The molecule has 1 unspecified atom stereocenters. The van der Waals surface area contributed by atoms with Gasteiger partial charge in [-0.25, -0.2) is 8.78 Å². The third-order valence-corrected chi connectivity index (χ3v) is 2.47. The molecule has 1 N–H and O–H groups in total. The summed E-state index contributed by atoms with van der Waals surface area (Å²) < 4.78 is 25.6. The first-order valence-electron chi connectivity index (χ1n) is 5.72. The van der Waals surface area contributed by atoms with Gasteiger partial charge in [-0.3, -0.25) is 4.79 Å². The largest absolute Gasteiger partial charge is 0.314 e. The summed E-state index contributed by atoms with van der Waals surface area (Å²) in [4.78, 5) is 11.6. The predicted octanol–water partition coefficient (Wildman–Crippen LogP) is 2.46. The summed E-state index contributed by atoms with van der Waals surface area (Å²) in [7, 11) is 0. The molecule has 0 aromatic heterocycles. The lowest BCUT2D eigenvalue weighted by Crippen LogP contribution is -2.28. The van der Waals surface area contributed by atoms with Gasteiger partial charge in [-0.2, -0.15) is 0 Å². The molecule has 0 spiro atoms. The molecule has 4 heteroatoms. The van der Waals surface area contributed by atoms with Crippen LogP contribution in [0, 0.1) is 11.6 Å². The van der Waals surface area contributed by atoms with Crippen molar-refractivity contribution in [2.75, 3.05) is 6.54 Å². The van der Waals surface area contributed by atoms with Crippen LogP contribution >= 0.6 is 0 Å². The first kappa shape index (κ1) is 13.8. The molecule has 1 aromatic carbocycles. The lowest BCUT2D eigenvalue weighted by molar-refractivity contribution is -0.118. The highest BCUT2D eigenvalue weighted by atomic mass is 19.2. The molecule has 0 bridgehead atoms. The van der Waals surface area contributed by atoms with Crippen LogP contribution in [0.4, 0.5) is 8.78 Å². The number of ketones is 1. The minimum absolute atomic E-state index is 0.0180. The molecular weight excluding hydrogens is 224 g/mol. The Morgan fingerprint density at radius 3 is 2.65 bits per heavy atom. The average Bonchev–Trinajstić information content (AvgIpc) is 2.23. The SMILES string of the molecule is CCNC(C)CC(=O)Cc1ccc(F)c(F)c1. The molecule has 0 aliphatic carbocycles. The second-order valence-electron chi connectivity index (χ2n) is 4.13. The third kappa shape index (κ3) is 4.61. The molecule has 0 fully saturated rings. The molecule has 2 nitrogen and oxygen atoms in total. The van der Waals surface area contributed by atoms with E-state index in [0.717, 1.165) is 18.7 Å². The van der Waals surface area contributed by atoms with Crippen molar-refractivity contribution >= 4 is 5.78 Å². The maximum Gasteiger partial charge on any atom is 0.159 e. The van der Waals surface area contributed by atoms with Crippen LogP contribution in [0.5, 0.6) is 0 Å². The van der Waals surface area contributed by atoms with Crippen LogP contribution in [0.25, 0.3) is 0 Å². The number of hydrogen-bond donors (Lipinski definition) is 1. The van der Waals surface area contributed by atoms with Crippen molar-refractivity contribution in [3.05, 3.63) is 35.4 Å². The van der Waals surface area contributed by atoms with Crippen molar-refractivity contribution in [2.24, 2.45) is 0 Å². The Morgan fingerprint density at radius 2 is 2.06 bits per heavy atom. The monoisotopic (exact) mass is 241 g/mol. The number of carbonyl (C=O) groups excluding carboxylic acids is 1. The number of halogens is 2. The van der Waals surface area contributed by atoms with Crippen molar-refractivity contribution in [3.63, 3.8) is 0 Å². The molecule has 17 heavy (non-hydrogen) atoms. The minimum atomic E-state index is -0.907. The zero-order valence-corrected chi connectivity index (χ0v) is 10.1. The number of Topliss-reactive ketones (excluding diaryl/α,β-unsaturated/α-hetero) is 1. The predicted molar refractivity (Wildman–Crippen MR) is 62.8 cm³/mol. The molecule has 0 aliphatic rings. The Kier molecular flexibility index (Phi) is 5.22. The number of nitrogens with one attached hydrogen (secondary N) is 1. The van der Waals surface area contributed by atoms with E-state index in [-0.39, 0.29) is 18.2 Å². The normalized spacial score (nSPS) is 12.5. The Morgan fingerprint density at radius 1 is 1.35 bits per heavy atom. The summed E-state index contributed by atoms with van der Waals surface area (Å²) in [6.45, 7) is 4.70. The van der Waals surface area contributed by atoms with Crippen LogP contribution in [-0.4, -0.2) is 18.4 Å². The third-order valence-electron chi connectivity index (χ3n) is 2.47. The van der Waals surface area contributed by atoms with Gasteiger partial charge in [0.25, 0.3) is 0 Å². The van der Waals surface area contributed by atoms with E-state index in [1.165, 1.54) is 6.07 Å². The van der Waals surface area contributed by atoms with Crippen LogP contribution in [0.1, 0.15) is 25.8 Å². The molecule has 1 rings (SSSR count). The van der Waals surface area contributed by atoms with E-state index in [4.69, 9.17) is 0 Å². The zero-order chi connectivity index (χ0) is 12.8. The van der Waals surface area contributed by atoms with Gasteiger partial charge in [-0.15, -0.1) is 0 Å². The number of hydrogen-bond acceptors (Lipinski definition) is 2. The maximum atomic E-state index is 12.9. The molecule has 0 aliphatic heterocycles. The molecule has 0 radical (unpaired) electrons. The fourth-order valence-electron chi connectivity index (χ4n) is 1.71. The molecule has 0 saturated heterocycles. The Bertz CT molecular complexity index is 393. The highest BCUT2D eigenvalue weighted by molar-refractivity contribution is 5.81. The van der Waals surface area contributed by atoms with Gasteiger partial charge in [0.2, 0.25) is 0 Å². The smallest absolute Gasteiger partial charge is 0.159 e. The topological polar surface area (TPSA) is 29.1 Å². The number of benzene rings is 1.